The van der Waals surface area contributed by atoms with E-state index in [-0.39, 0.29) is 5.75 Å². The molecule has 0 aliphatic carbocycles. The van der Waals surface area contributed by atoms with Gasteiger partial charge < -0.3 is 19.1 Å². The van der Waals surface area contributed by atoms with Crippen LogP contribution in [-0.2, 0) is 13.2 Å². The van der Waals surface area contributed by atoms with Crippen LogP contribution in [0.25, 0.3) is 22.2 Å². The molecule has 5 aromatic rings. The lowest BCUT2D eigenvalue weighted by atomic mass is 10.1. The van der Waals surface area contributed by atoms with Crippen molar-refractivity contribution in [2.45, 2.75) is 45.8 Å². The first-order valence-corrected chi connectivity index (χ1v) is 15.2. The summed E-state index contributed by atoms with van der Waals surface area (Å²) in [5.74, 6) is 2.03. The van der Waals surface area contributed by atoms with Gasteiger partial charge in [-0.05, 0) is 110 Å². The lowest BCUT2D eigenvalue weighted by Crippen LogP contribution is -2.29. The highest BCUT2D eigenvalue weighted by Crippen LogP contribution is 2.36. The predicted molar refractivity (Wildman–Crippen MR) is 170 cm³/mol. The summed E-state index contributed by atoms with van der Waals surface area (Å²) in [6.45, 7) is 7.48. The topological polar surface area (TPSA) is 46.9 Å². The van der Waals surface area contributed by atoms with Gasteiger partial charge in [-0.2, -0.15) is 0 Å². The maximum absolute atomic E-state index is 10.3. The van der Waals surface area contributed by atoms with Crippen LogP contribution in [0.15, 0.2) is 97.1 Å². The molecule has 4 aromatic carbocycles. The number of fused-ring (bicyclic) bond motifs is 1. The molecule has 5 nitrogen and oxygen atoms in total. The molecule has 2 heterocycles. The standard InChI is InChI=1S/C37H40N2O3/c1-28-35-25-32(40)15-20-36(35)39(37(28)31-13-18-34(19-14-31)42-27-30-9-5-4-6-10-30)26-29-11-16-33(17-12-29)41-24-23-38-21-7-2-3-8-22-38/h4-6,9-20,25,40H,2-3,7-8,21-24,26-27H2,1H3. The van der Waals surface area contributed by atoms with Crippen molar-refractivity contribution in [2.24, 2.45) is 0 Å². The van der Waals surface area contributed by atoms with E-state index in [4.69, 9.17) is 9.47 Å². The molecule has 1 aliphatic rings. The third kappa shape index (κ3) is 6.63. The van der Waals surface area contributed by atoms with E-state index in [1.807, 2.05) is 42.5 Å². The molecule has 1 fully saturated rings. The van der Waals surface area contributed by atoms with Crippen LogP contribution in [0.3, 0.4) is 0 Å². The van der Waals surface area contributed by atoms with Gasteiger partial charge in [0, 0.05) is 24.0 Å². The van der Waals surface area contributed by atoms with E-state index in [0.29, 0.717) is 13.2 Å². The van der Waals surface area contributed by atoms with Crippen LogP contribution in [0, 0.1) is 6.92 Å². The Bertz CT molecular complexity index is 1580. The minimum atomic E-state index is 0.278. The molecule has 1 saturated heterocycles. The molecule has 5 heteroatoms. The average Bonchev–Trinajstić information content (AvgIpc) is 3.15. The molecule has 1 N–H and O–H groups in total. The number of aromatic hydroxyl groups is 1. The van der Waals surface area contributed by atoms with Gasteiger partial charge in [-0.25, -0.2) is 0 Å². The Morgan fingerprint density at radius 2 is 1.40 bits per heavy atom. The van der Waals surface area contributed by atoms with Gasteiger partial charge in [0.2, 0.25) is 0 Å². The van der Waals surface area contributed by atoms with Crippen LogP contribution in [-0.4, -0.2) is 40.8 Å². The molecule has 0 unspecified atom stereocenters. The number of benzene rings is 4. The zero-order valence-electron chi connectivity index (χ0n) is 24.5. The number of aromatic nitrogens is 1. The second kappa shape index (κ2) is 13.2. The molecule has 0 atom stereocenters. The van der Waals surface area contributed by atoms with Crippen LogP contribution in [0.5, 0.6) is 17.2 Å². The van der Waals surface area contributed by atoms with Crippen LogP contribution in [0.2, 0.25) is 0 Å². The maximum Gasteiger partial charge on any atom is 0.119 e. The van der Waals surface area contributed by atoms with Crippen LogP contribution in [0.1, 0.15) is 42.4 Å². The zero-order chi connectivity index (χ0) is 28.7. The van der Waals surface area contributed by atoms with Crippen LogP contribution >= 0.6 is 0 Å². The lowest BCUT2D eigenvalue weighted by molar-refractivity contribution is 0.214. The van der Waals surface area contributed by atoms with Crippen molar-refractivity contribution in [2.75, 3.05) is 26.2 Å². The van der Waals surface area contributed by atoms with E-state index in [1.54, 1.807) is 6.07 Å². The molecule has 0 bridgehead atoms. The van der Waals surface area contributed by atoms with Crippen molar-refractivity contribution in [3.63, 3.8) is 0 Å². The highest BCUT2D eigenvalue weighted by molar-refractivity contribution is 5.92. The van der Waals surface area contributed by atoms with E-state index in [1.165, 1.54) is 44.3 Å². The number of hydrogen-bond acceptors (Lipinski definition) is 4. The molecule has 0 spiro atoms. The minimum absolute atomic E-state index is 0.278. The van der Waals surface area contributed by atoms with E-state index >= 15 is 0 Å². The highest BCUT2D eigenvalue weighted by Gasteiger charge is 2.17. The van der Waals surface area contributed by atoms with E-state index in [9.17, 15) is 5.11 Å². The number of likely N-dealkylation sites (tertiary alicyclic amines) is 1. The van der Waals surface area contributed by atoms with Gasteiger partial charge in [0.1, 0.15) is 30.5 Å². The van der Waals surface area contributed by atoms with Crippen molar-refractivity contribution in [1.29, 1.82) is 0 Å². The Hall–Kier alpha value is -4.22. The fourth-order valence-corrected chi connectivity index (χ4v) is 6.02. The second-order valence-electron chi connectivity index (χ2n) is 11.3. The van der Waals surface area contributed by atoms with Gasteiger partial charge in [0.05, 0.1) is 5.69 Å². The van der Waals surface area contributed by atoms with Crippen molar-refractivity contribution in [3.8, 4) is 28.5 Å². The lowest BCUT2D eigenvalue weighted by Gasteiger charge is -2.19. The SMILES string of the molecule is Cc1c(-c2ccc(OCc3ccccc3)cc2)n(Cc2ccc(OCCN3CCCCCC3)cc2)c2ccc(O)cc12. The van der Waals surface area contributed by atoms with Gasteiger partial charge in [-0.3, -0.25) is 4.90 Å². The van der Waals surface area contributed by atoms with Crippen LogP contribution < -0.4 is 9.47 Å². The quantitative estimate of drug-likeness (QED) is 0.187. The first-order chi connectivity index (χ1) is 20.6. The first kappa shape index (κ1) is 27.9. The number of nitrogens with zero attached hydrogens (tertiary/aromatic N) is 2. The molecule has 216 valence electrons. The number of aryl methyl sites for hydroxylation is 1. The highest BCUT2D eigenvalue weighted by atomic mass is 16.5. The molecule has 0 saturated carbocycles. The average molecular weight is 561 g/mol. The fraction of sp³-hybridized carbons (Fsp3) is 0.297. The smallest absolute Gasteiger partial charge is 0.119 e. The number of hydrogen-bond donors (Lipinski definition) is 1. The summed E-state index contributed by atoms with van der Waals surface area (Å²) < 4.78 is 14.5. The number of phenols is 1. The summed E-state index contributed by atoms with van der Waals surface area (Å²) in [6, 6.07) is 32.7. The first-order valence-electron chi connectivity index (χ1n) is 15.2. The normalized spacial score (nSPS) is 14.1. The summed E-state index contributed by atoms with van der Waals surface area (Å²) in [5.41, 5.74) is 6.84. The Balaban J connectivity index is 1.19. The Kier molecular flexibility index (Phi) is 8.76. The van der Waals surface area contributed by atoms with Gasteiger partial charge in [0.15, 0.2) is 0 Å². The largest absolute Gasteiger partial charge is 0.508 e. The summed E-state index contributed by atoms with van der Waals surface area (Å²) in [6.07, 6.45) is 5.31. The van der Waals surface area contributed by atoms with E-state index in [0.717, 1.165) is 57.9 Å². The Morgan fingerprint density at radius 1 is 0.714 bits per heavy atom. The monoisotopic (exact) mass is 560 g/mol. The summed E-state index contributed by atoms with van der Waals surface area (Å²) in [7, 11) is 0. The summed E-state index contributed by atoms with van der Waals surface area (Å²) in [4.78, 5) is 2.53. The van der Waals surface area contributed by atoms with Gasteiger partial charge in [-0.1, -0.05) is 55.3 Å². The summed E-state index contributed by atoms with van der Waals surface area (Å²) >= 11 is 0. The number of phenolic OH excluding ortho intramolecular Hbond substituents is 1. The minimum Gasteiger partial charge on any atom is -0.508 e. The fourth-order valence-electron chi connectivity index (χ4n) is 6.02. The zero-order valence-corrected chi connectivity index (χ0v) is 24.5. The van der Waals surface area contributed by atoms with Gasteiger partial charge >= 0.3 is 0 Å². The van der Waals surface area contributed by atoms with E-state index < -0.39 is 0 Å². The Labute approximate surface area is 248 Å². The molecule has 0 radical (unpaired) electrons. The van der Waals surface area contributed by atoms with Gasteiger partial charge in [-0.15, -0.1) is 0 Å². The number of ether oxygens (including phenoxy) is 2. The summed E-state index contributed by atoms with van der Waals surface area (Å²) in [5, 5.41) is 11.3. The third-order valence-corrected chi connectivity index (χ3v) is 8.32. The van der Waals surface area contributed by atoms with Gasteiger partial charge in [0.25, 0.3) is 0 Å². The molecular formula is C37H40N2O3. The van der Waals surface area contributed by atoms with Crippen molar-refractivity contribution >= 4 is 10.9 Å². The van der Waals surface area contributed by atoms with Crippen molar-refractivity contribution in [3.05, 3.63) is 114 Å². The number of rotatable bonds is 10. The molecule has 0 amide bonds. The Morgan fingerprint density at radius 3 is 2.14 bits per heavy atom. The van der Waals surface area contributed by atoms with Crippen LogP contribution in [0.4, 0.5) is 0 Å². The van der Waals surface area contributed by atoms with E-state index in [2.05, 4.69) is 64.9 Å². The maximum atomic E-state index is 10.3. The third-order valence-electron chi connectivity index (χ3n) is 8.32. The predicted octanol–water partition coefficient (Wildman–Crippen LogP) is 8.20. The molecule has 1 aromatic heterocycles. The molecule has 6 rings (SSSR count). The molecular weight excluding hydrogens is 520 g/mol. The van der Waals surface area contributed by atoms with Crippen molar-refractivity contribution in [1.82, 2.24) is 9.47 Å². The molecule has 1 aliphatic heterocycles. The van der Waals surface area contributed by atoms with Crippen molar-refractivity contribution < 1.29 is 14.6 Å². The molecule has 42 heavy (non-hydrogen) atoms. The second-order valence-corrected chi connectivity index (χ2v) is 11.3.